The average Bonchev–Trinajstić information content (AvgIpc) is 3.06. The van der Waals surface area contributed by atoms with Gasteiger partial charge >= 0.3 is 36.6 Å². The summed E-state index contributed by atoms with van der Waals surface area (Å²) in [5.41, 5.74) is -4.03. The normalized spacial score (nSPS) is 14.0. The highest BCUT2D eigenvalue weighted by Gasteiger charge is 2.73. The maximum Gasteiger partial charge on any atom is 0.483 e. The molecule has 0 unspecified atom stereocenters. The number of benzene rings is 1. The van der Waals surface area contributed by atoms with Gasteiger partial charge in [0.25, 0.3) is 0 Å². The summed E-state index contributed by atoms with van der Waals surface area (Å²) in [5.74, 6) is -2.22. The lowest BCUT2D eigenvalue weighted by atomic mass is 10.2. The minimum absolute atomic E-state index is 0.0111. The van der Waals surface area contributed by atoms with Gasteiger partial charge in [0.15, 0.2) is 5.69 Å². The molecule has 1 N–H and O–H groups in total. The molecule has 2 rings (SSSR count). The third-order valence-electron chi connectivity index (χ3n) is 3.46. The van der Waals surface area contributed by atoms with E-state index in [2.05, 4.69) is 9.84 Å². The third-order valence-corrected chi connectivity index (χ3v) is 3.46. The molecular formula is C15H7F11N2O4. The van der Waals surface area contributed by atoms with Crippen molar-refractivity contribution in [1.29, 1.82) is 0 Å². The van der Waals surface area contributed by atoms with Crippen LogP contribution in [0.5, 0.6) is 0 Å². The molecule has 0 radical (unpaired) electrons. The van der Waals surface area contributed by atoms with Crippen molar-refractivity contribution in [2.75, 3.05) is 0 Å². The van der Waals surface area contributed by atoms with E-state index < -0.39 is 53.5 Å². The standard InChI is InChI=1S/C15H7F11N2O4/c16-11(17,31-14(23,24)15(25,26)32-13(21,22)12(18,19)20)9-8(10(29)30)6-27-28(9)7-4-2-1-3-5-7/h1-6H,(H,29,30). The molecule has 1 heterocycles. The van der Waals surface area contributed by atoms with E-state index in [1.165, 1.54) is 18.2 Å². The van der Waals surface area contributed by atoms with Crippen LogP contribution >= 0.6 is 0 Å². The number of rotatable bonds is 8. The summed E-state index contributed by atoms with van der Waals surface area (Å²) >= 11 is 0. The van der Waals surface area contributed by atoms with Crippen LogP contribution in [0.1, 0.15) is 16.1 Å². The Morgan fingerprint density at radius 2 is 1.31 bits per heavy atom. The van der Waals surface area contributed by atoms with Gasteiger partial charge < -0.3 is 5.11 Å². The fourth-order valence-electron chi connectivity index (χ4n) is 2.10. The average molecular weight is 488 g/mol. The van der Waals surface area contributed by atoms with Gasteiger partial charge in [-0.3, -0.25) is 0 Å². The Kier molecular flexibility index (Phi) is 6.23. The molecule has 0 saturated carbocycles. The molecule has 0 aliphatic heterocycles. The Morgan fingerprint density at radius 1 is 0.812 bits per heavy atom. The van der Waals surface area contributed by atoms with Crippen LogP contribution in [0.15, 0.2) is 36.5 Å². The molecule has 1 aromatic carbocycles. The van der Waals surface area contributed by atoms with Gasteiger partial charge in [0.05, 0.1) is 11.9 Å². The van der Waals surface area contributed by atoms with Crippen molar-refractivity contribution in [1.82, 2.24) is 9.78 Å². The molecule has 0 spiro atoms. The van der Waals surface area contributed by atoms with Crippen molar-refractivity contribution in [3.8, 4) is 5.69 Å². The van der Waals surface area contributed by atoms with Crippen LogP contribution in [0, 0.1) is 0 Å². The molecule has 0 fully saturated rings. The van der Waals surface area contributed by atoms with Gasteiger partial charge in [-0.05, 0) is 12.1 Å². The molecule has 0 amide bonds. The highest BCUT2D eigenvalue weighted by molar-refractivity contribution is 5.89. The minimum atomic E-state index is -6.96. The molecule has 2 aromatic rings. The number of hydrogen-bond acceptors (Lipinski definition) is 4. The Labute approximate surface area is 168 Å². The minimum Gasteiger partial charge on any atom is -0.478 e. The van der Waals surface area contributed by atoms with E-state index >= 15 is 0 Å². The van der Waals surface area contributed by atoms with E-state index in [9.17, 15) is 53.1 Å². The predicted molar refractivity (Wildman–Crippen MR) is 77.5 cm³/mol. The van der Waals surface area contributed by atoms with Gasteiger partial charge in [-0.15, -0.1) is 0 Å². The SMILES string of the molecule is O=C(O)c1cnn(-c2ccccc2)c1C(F)(F)OC(F)(F)C(F)(F)OC(F)(F)C(F)(F)F. The second-order valence-electron chi connectivity index (χ2n) is 5.73. The van der Waals surface area contributed by atoms with Crippen LogP contribution in [0.2, 0.25) is 0 Å². The van der Waals surface area contributed by atoms with Gasteiger partial charge in [-0.1, -0.05) is 18.2 Å². The number of hydrogen-bond donors (Lipinski definition) is 1. The van der Waals surface area contributed by atoms with Crippen molar-refractivity contribution >= 4 is 5.97 Å². The number of nitrogens with zero attached hydrogens (tertiary/aromatic N) is 2. The zero-order valence-electron chi connectivity index (χ0n) is 14.7. The van der Waals surface area contributed by atoms with E-state index in [0.717, 1.165) is 12.1 Å². The maximum atomic E-state index is 14.4. The third kappa shape index (κ3) is 4.77. The fourth-order valence-corrected chi connectivity index (χ4v) is 2.10. The van der Waals surface area contributed by atoms with Crippen LogP contribution in [0.4, 0.5) is 48.3 Å². The molecule has 32 heavy (non-hydrogen) atoms. The van der Waals surface area contributed by atoms with E-state index in [1.807, 2.05) is 0 Å². The first kappa shape index (κ1) is 25.3. The smallest absolute Gasteiger partial charge is 0.478 e. The number of alkyl halides is 11. The summed E-state index contributed by atoms with van der Waals surface area (Å²) in [7, 11) is 0. The van der Waals surface area contributed by atoms with E-state index in [4.69, 9.17) is 5.11 Å². The number of carboxylic acids is 1. The van der Waals surface area contributed by atoms with Gasteiger partial charge in [-0.25, -0.2) is 19.0 Å². The molecular weight excluding hydrogens is 481 g/mol. The number of carboxylic acid groups (broad SMARTS) is 1. The maximum absolute atomic E-state index is 14.4. The monoisotopic (exact) mass is 488 g/mol. The Hall–Kier alpha value is -2.95. The van der Waals surface area contributed by atoms with E-state index in [-0.39, 0.29) is 10.9 Å². The van der Waals surface area contributed by atoms with Crippen LogP contribution in [0.3, 0.4) is 0 Å². The highest BCUT2D eigenvalue weighted by Crippen LogP contribution is 2.49. The van der Waals surface area contributed by atoms with Crippen molar-refractivity contribution in [3.63, 3.8) is 0 Å². The molecule has 0 aliphatic carbocycles. The first-order valence-corrected chi connectivity index (χ1v) is 7.68. The number of carbonyl (C=O) groups is 1. The lowest BCUT2D eigenvalue weighted by Gasteiger charge is -2.31. The lowest BCUT2D eigenvalue weighted by Crippen LogP contribution is -2.54. The second-order valence-corrected chi connectivity index (χ2v) is 5.73. The van der Waals surface area contributed by atoms with Gasteiger partial charge in [-0.2, -0.15) is 53.4 Å². The molecule has 178 valence electrons. The Morgan fingerprint density at radius 3 is 1.78 bits per heavy atom. The van der Waals surface area contributed by atoms with Crippen LogP contribution in [-0.4, -0.2) is 45.4 Å². The number of halogens is 11. The molecule has 0 aliphatic rings. The zero-order chi connectivity index (χ0) is 24.8. The van der Waals surface area contributed by atoms with Crippen molar-refractivity contribution in [2.24, 2.45) is 0 Å². The number of aromatic carboxylic acids is 1. The predicted octanol–water partition coefficient (Wildman–Crippen LogP) is 4.99. The van der Waals surface area contributed by atoms with Crippen LogP contribution < -0.4 is 0 Å². The quantitative estimate of drug-likeness (QED) is 0.530. The summed E-state index contributed by atoms with van der Waals surface area (Å²) in [6.07, 6.45) is -33.1. The highest BCUT2D eigenvalue weighted by atomic mass is 19.4. The second kappa shape index (κ2) is 7.88. The largest absolute Gasteiger partial charge is 0.483 e. The van der Waals surface area contributed by atoms with Crippen molar-refractivity contribution in [2.45, 2.75) is 30.6 Å². The Balaban J connectivity index is 2.50. The number of ether oxygens (including phenoxy) is 2. The molecule has 0 saturated heterocycles. The first-order chi connectivity index (χ1) is 14.3. The number of aromatic nitrogens is 2. The fraction of sp³-hybridized carbons (Fsp3) is 0.333. The summed E-state index contributed by atoms with van der Waals surface area (Å²) in [4.78, 5) is 11.1. The Bertz CT molecular complexity index is 974. The van der Waals surface area contributed by atoms with Crippen molar-refractivity contribution in [3.05, 3.63) is 47.8 Å². The number of para-hydroxylation sites is 1. The van der Waals surface area contributed by atoms with Crippen molar-refractivity contribution < 1.29 is 67.7 Å². The summed E-state index contributed by atoms with van der Waals surface area (Å²) in [5, 5.41) is 12.2. The molecule has 0 bridgehead atoms. The van der Waals surface area contributed by atoms with E-state index in [1.54, 1.807) is 4.74 Å². The first-order valence-electron chi connectivity index (χ1n) is 7.68. The summed E-state index contributed by atoms with van der Waals surface area (Å²) < 4.78 is 148. The molecule has 0 atom stereocenters. The molecule has 17 heteroatoms. The summed E-state index contributed by atoms with van der Waals surface area (Å²) in [6.45, 7) is 0. The molecule has 6 nitrogen and oxygen atoms in total. The topological polar surface area (TPSA) is 73.6 Å². The van der Waals surface area contributed by atoms with Gasteiger partial charge in [0, 0.05) is 0 Å². The molecule has 1 aromatic heterocycles. The van der Waals surface area contributed by atoms with Gasteiger partial charge in [0.2, 0.25) is 0 Å². The van der Waals surface area contributed by atoms with Crippen LogP contribution in [0.25, 0.3) is 5.69 Å². The van der Waals surface area contributed by atoms with Crippen LogP contribution in [-0.2, 0) is 15.6 Å². The zero-order valence-corrected chi connectivity index (χ0v) is 14.7. The van der Waals surface area contributed by atoms with E-state index in [0.29, 0.717) is 0 Å². The lowest BCUT2D eigenvalue weighted by molar-refractivity contribution is -0.539. The van der Waals surface area contributed by atoms with Gasteiger partial charge in [0.1, 0.15) is 5.56 Å². The summed E-state index contributed by atoms with van der Waals surface area (Å²) in [6, 6.07) is 5.72.